The lowest BCUT2D eigenvalue weighted by molar-refractivity contribution is -0.291. The van der Waals surface area contributed by atoms with Gasteiger partial charge in [0, 0.05) is 0 Å². The number of phenols is 1. The van der Waals surface area contributed by atoms with Gasteiger partial charge in [-0.3, -0.25) is 0 Å². The van der Waals surface area contributed by atoms with Gasteiger partial charge in [0.2, 0.25) is 0 Å². The van der Waals surface area contributed by atoms with Crippen molar-refractivity contribution in [2.75, 3.05) is 6.61 Å². The van der Waals surface area contributed by atoms with Crippen molar-refractivity contribution in [3.8, 4) is 11.5 Å². The van der Waals surface area contributed by atoms with Crippen LogP contribution in [0.5, 0.6) is 11.5 Å². The Balaban J connectivity index is 3.27. The highest BCUT2D eigenvalue weighted by molar-refractivity contribution is 9.10. The number of hydrogen-bond donors (Lipinski definition) is 2. The highest BCUT2D eigenvalue weighted by Gasteiger charge is 2.61. The highest BCUT2D eigenvalue weighted by atomic mass is 79.9. The maximum Gasteiger partial charge on any atom is 0.455 e. The SMILES string of the molecule is CCOc1cc([C@H](N)C(F)(F)C(F)(F)F)cc(Br)c1O. The van der Waals surface area contributed by atoms with E-state index in [1.165, 1.54) is 0 Å². The predicted molar refractivity (Wildman–Crippen MR) is 64.9 cm³/mol. The summed E-state index contributed by atoms with van der Waals surface area (Å²) in [6.45, 7) is 1.65. The minimum absolute atomic E-state index is 0.0909. The third-order valence-electron chi connectivity index (χ3n) is 2.48. The molecule has 1 rings (SSSR count). The summed E-state index contributed by atoms with van der Waals surface area (Å²) in [5.41, 5.74) is 4.50. The molecule has 9 heteroatoms. The predicted octanol–water partition coefficient (Wildman–Crippen LogP) is 3.75. The fourth-order valence-electron chi connectivity index (χ4n) is 1.42. The van der Waals surface area contributed by atoms with E-state index in [9.17, 15) is 27.1 Å². The van der Waals surface area contributed by atoms with Crippen LogP contribution in [0.15, 0.2) is 16.6 Å². The molecule has 0 heterocycles. The Hall–Kier alpha value is -1.09. The van der Waals surface area contributed by atoms with Gasteiger partial charge in [0.25, 0.3) is 0 Å². The summed E-state index contributed by atoms with van der Waals surface area (Å²) in [4.78, 5) is 0. The first-order valence-electron chi connectivity index (χ1n) is 5.37. The molecular formula is C11H11BrF5NO2. The van der Waals surface area contributed by atoms with Gasteiger partial charge in [0.1, 0.15) is 6.04 Å². The molecule has 0 aromatic heterocycles. The second-order valence-corrected chi connectivity index (χ2v) is 4.74. The van der Waals surface area contributed by atoms with Gasteiger partial charge in [0.05, 0.1) is 11.1 Å². The first kappa shape index (κ1) is 17.0. The largest absolute Gasteiger partial charge is 0.503 e. The van der Waals surface area contributed by atoms with Crippen LogP contribution in [0.4, 0.5) is 22.0 Å². The molecule has 0 amide bonds. The van der Waals surface area contributed by atoms with E-state index in [1.54, 1.807) is 6.92 Å². The van der Waals surface area contributed by atoms with Crippen molar-refractivity contribution in [3.63, 3.8) is 0 Å². The number of halogens is 6. The summed E-state index contributed by atoms with van der Waals surface area (Å²) in [5, 5.41) is 9.58. The zero-order chi connectivity index (χ0) is 15.7. The van der Waals surface area contributed by atoms with Crippen LogP contribution in [-0.4, -0.2) is 23.8 Å². The Morgan fingerprint density at radius 2 is 1.85 bits per heavy atom. The Kier molecular flexibility index (Phi) is 4.86. The quantitative estimate of drug-likeness (QED) is 0.801. The normalized spacial score (nSPS) is 14.2. The van der Waals surface area contributed by atoms with Crippen LogP contribution in [0.3, 0.4) is 0 Å². The van der Waals surface area contributed by atoms with Crippen LogP contribution in [0.2, 0.25) is 0 Å². The molecule has 0 aliphatic carbocycles. The molecule has 20 heavy (non-hydrogen) atoms. The number of nitrogens with two attached hydrogens (primary N) is 1. The Morgan fingerprint density at radius 3 is 2.30 bits per heavy atom. The Labute approximate surface area is 119 Å². The summed E-state index contributed by atoms with van der Waals surface area (Å²) in [5.74, 6) is -5.74. The average molecular weight is 364 g/mol. The van der Waals surface area contributed by atoms with E-state index in [0.29, 0.717) is 0 Å². The van der Waals surface area contributed by atoms with Crippen LogP contribution >= 0.6 is 15.9 Å². The number of alkyl halides is 5. The second kappa shape index (κ2) is 5.72. The second-order valence-electron chi connectivity index (χ2n) is 3.88. The molecule has 0 unspecified atom stereocenters. The van der Waals surface area contributed by atoms with Crippen LogP contribution in [0.1, 0.15) is 18.5 Å². The Bertz CT molecular complexity index is 492. The first-order chi connectivity index (χ1) is 9.02. The maximum absolute atomic E-state index is 13.2. The first-order valence-corrected chi connectivity index (χ1v) is 6.17. The molecule has 114 valence electrons. The van der Waals surface area contributed by atoms with Crippen LogP contribution in [0, 0.1) is 0 Å². The standard InChI is InChI=1S/C11H11BrF5NO2/c1-2-20-7-4-5(3-6(12)8(7)19)9(18)10(13,14)11(15,16)17/h3-4,9,19H,2,18H2,1H3/t9-/m0/s1. The van der Waals surface area contributed by atoms with Crippen molar-refractivity contribution in [3.05, 3.63) is 22.2 Å². The third kappa shape index (κ3) is 3.14. The highest BCUT2D eigenvalue weighted by Crippen LogP contribution is 2.45. The van der Waals surface area contributed by atoms with Crippen molar-refractivity contribution in [1.82, 2.24) is 0 Å². The fourth-order valence-corrected chi connectivity index (χ4v) is 1.88. The molecule has 0 aliphatic heterocycles. The van der Waals surface area contributed by atoms with Gasteiger partial charge in [-0.1, -0.05) is 0 Å². The smallest absolute Gasteiger partial charge is 0.455 e. The minimum atomic E-state index is -5.78. The zero-order valence-corrected chi connectivity index (χ0v) is 11.7. The molecule has 0 fully saturated rings. The number of aromatic hydroxyl groups is 1. The monoisotopic (exact) mass is 363 g/mol. The number of hydrogen-bond acceptors (Lipinski definition) is 3. The van der Waals surface area contributed by atoms with E-state index in [0.717, 1.165) is 12.1 Å². The molecule has 0 saturated carbocycles. The van der Waals surface area contributed by atoms with Crippen molar-refractivity contribution in [2.45, 2.75) is 25.1 Å². The minimum Gasteiger partial charge on any atom is -0.503 e. The molecule has 0 spiro atoms. The number of phenolic OH excluding ortho intramolecular Hbond substituents is 1. The van der Waals surface area contributed by atoms with Crippen LogP contribution in [0.25, 0.3) is 0 Å². The lowest BCUT2D eigenvalue weighted by atomic mass is 10.0. The van der Waals surface area contributed by atoms with Crippen molar-refractivity contribution in [2.24, 2.45) is 5.73 Å². The van der Waals surface area contributed by atoms with E-state index < -0.39 is 29.5 Å². The van der Waals surface area contributed by atoms with Crippen molar-refractivity contribution < 1.29 is 31.8 Å². The summed E-state index contributed by atoms with van der Waals surface area (Å²) in [6, 6.07) is -0.866. The van der Waals surface area contributed by atoms with Crippen molar-refractivity contribution in [1.29, 1.82) is 0 Å². The van der Waals surface area contributed by atoms with E-state index in [2.05, 4.69) is 15.9 Å². The van der Waals surface area contributed by atoms with Gasteiger partial charge >= 0.3 is 12.1 Å². The summed E-state index contributed by atoms with van der Waals surface area (Å²) in [6.07, 6.45) is -5.78. The topological polar surface area (TPSA) is 55.5 Å². The lowest BCUT2D eigenvalue weighted by Crippen LogP contribution is -2.45. The molecule has 0 aliphatic rings. The number of benzene rings is 1. The molecule has 3 nitrogen and oxygen atoms in total. The summed E-state index contributed by atoms with van der Waals surface area (Å²) < 4.78 is 68.1. The van der Waals surface area contributed by atoms with Gasteiger partial charge in [0.15, 0.2) is 11.5 Å². The molecule has 3 N–H and O–H groups in total. The van der Waals surface area contributed by atoms with Gasteiger partial charge in [-0.2, -0.15) is 22.0 Å². The molecular weight excluding hydrogens is 353 g/mol. The maximum atomic E-state index is 13.2. The van der Waals surface area contributed by atoms with Gasteiger partial charge in [-0.15, -0.1) is 0 Å². The van der Waals surface area contributed by atoms with E-state index >= 15 is 0 Å². The number of rotatable bonds is 4. The van der Waals surface area contributed by atoms with Gasteiger partial charge < -0.3 is 15.6 Å². The summed E-state index contributed by atoms with van der Waals surface area (Å²) >= 11 is 2.84. The van der Waals surface area contributed by atoms with Crippen LogP contribution in [-0.2, 0) is 0 Å². The molecule has 0 saturated heterocycles. The third-order valence-corrected chi connectivity index (χ3v) is 3.08. The van der Waals surface area contributed by atoms with Gasteiger partial charge in [-0.25, -0.2) is 0 Å². The molecule has 0 radical (unpaired) electrons. The molecule has 1 aromatic rings. The van der Waals surface area contributed by atoms with E-state index in [-0.39, 0.29) is 16.8 Å². The molecule has 1 aromatic carbocycles. The zero-order valence-electron chi connectivity index (χ0n) is 10.1. The molecule has 1 atom stereocenters. The summed E-state index contributed by atoms with van der Waals surface area (Å²) in [7, 11) is 0. The van der Waals surface area contributed by atoms with E-state index in [4.69, 9.17) is 10.5 Å². The lowest BCUT2D eigenvalue weighted by Gasteiger charge is -2.26. The fraction of sp³-hybridized carbons (Fsp3) is 0.455. The van der Waals surface area contributed by atoms with Crippen LogP contribution < -0.4 is 10.5 Å². The van der Waals surface area contributed by atoms with E-state index in [1.807, 2.05) is 0 Å². The Morgan fingerprint density at radius 1 is 1.30 bits per heavy atom. The van der Waals surface area contributed by atoms with Gasteiger partial charge in [-0.05, 0) is 40.5 Å². The molecule has 0 bridgehead atoms. The number of ether oxygens (including phenoxy) is 1. The van der Waals surface area contributed by atoms with Crippen molar-refractivity contribution >= 4 is 15.9 Å². The average Bonchev–Trinajstić information content (AvgIpc) is 2.32.